The number of halogens is 2. The van der Waals surface area contributed by atoms with Crippen LogP contribution in [0.15, 0.2) is 42.5 Å². The fourth-order valence-electron chi connectivity index (χ4n) is 2.96. The van der Waals surface area contributed by atoms with Crippen LogP contribution in [0.3, 0.4) is 0 Å². The largest absolute Gasteiger partial charge is 0.497 e. The van der Waals surface area contributed by atoms with Gasteiger partial charge in [-0.1, -0.05) is 11.6 Å². The molecule has 0 aliphatic carbocycles. The van der Waals surface area contributed by atoms with Gasteiger partial charge in [-0.2, -0.15) is 0 Å². The van der Waals surface area contributed by atoms with Gasteiger partial charge >= 0.3 is 5.97 Å². The standard InChI is InChI=1S/C20H20ClFN2O4/c1-27-16-5-3-15(4-6-16)23-8-10-24(11-9-23)19(25)13-28-20(26)17-7-2-14(22)12-18(17)21/h2-7,12H,8-11,13H2,1H3. The van der Waals surface area contributed by atoms with Gasteiger partial charge in [-0.15, -0.1) is 0 Å². The molecule has 0 spiro atoms. The Kier molecular flexibility index (Phi) is 6.36. The summed E-state index contributed by atoms with van der Waals surface area (Å²) in [5, 5.41) is -0.0504. The second-order valence-electron chi connectivity index (χ2n) is 6.27. The quantitative estimate of drug-likeness (QED) is 0.714. The van der Waals surface area contributed by atoms with Crippen LogP contribution in [0.1, 0.15) is 10.4 Å². The van der Waals surface area contributed by atoms with Crippen molar-refractivity contribution in [1.82, 2.24) is 4.90 Å². The highest BCUT2D eigenvalue weighted by Gasteiger charge is 2.23. The summed E-state index contributed by atoms with van der Waals surface area (Å²) in [7, 11) is 1.62. The molecule has 0 radical (unpaired) electrons. The van der Waals surface area contributed by atoms with Gasteiger partial charge in [0.1, 0.15) is 11.6 Å². The highest BCUT2D eigenvalue weighted by molar-refractivity contribution is 6.33. The Balaban J connectivity index is 1.49. The zero-order valence-electron chi connectivity index (χ0n) is 15.4. The molecule has 2 aromatic carbocycles. The number of anilines is 1. The number of nitrogens with zero attached hydrogens (tertiary/aromatic N) is 2. The van der Waals surface area contributed by atoms with Gasteiger partial charge in [0.05, 0.1) is 17.7 Å². The second-order valence-corrected chi connectivity index (χ2v) is 6.67. The lowest BCUT2D eigenvalue weighted by molar-refractivity contribution is -0.134. The van der Waals surface area contributed by atoms with Gasteiger partial charge in [0.15, 0.2) is 6.61 Å². The van der Waals surface area contributed by atoms with Crippen LogP contribution in [0.5, 0.6) is 5.75 Å². The molecule has 1 saturated heterocycles. The summed E-state index contributed by atoms with van der Waals surface area (Å²) in [6.07, 6.45) is 0. The first-order chi connectivity index (χ1) is 13.5. The number of benzene rings is 2. The first kappa shape index (κ1) is 19.9. The Morgan fingerprint density at radius 1 is 1.07 bits per heavy atom. The minimum absolute atomic E-state index is 0.0280. The fourth-order valence-corrected chi connectivity index (χ4v) is 3.20. The molecular weight excluding hydrogens is 387 g/mol. The van der Waals surface area contributed by atoms with E-state index >= 15 is 0 Å². The van der Waals surface area contributed by atoms with E-state index < -0.39 is 11.8 Å². The maximum atomic E-state index is 13.1. The van der Waals surface area contributed by atoms with Gasteiger partial charge in [-0.05, 0) is 42.5 Å². The molecule has 8 heteroatoms. The zero-order chi connectivity index (χ0) is 20.1. The number of hydrogen-bond acceptors (Lipinski definition) is 5. The molecule has 1 aliphatic rings. The Morgan fingerprint density at radius 3 is 2.36 bits per heavy atom. The molecule has 3 rings (SSSR count). The summed E-state index contributed by atoms with van der Waals surface area (Å²) >= 11 is 5.83. The van der Waals surface area contributed by atoms with Crippen molar-refractivity contribution < 1.29 is 23.5 Å². The van der Waals surface area contributed by atoms with Crippen molar-refractivity contribution in [2.45, 2.75) is 0 Å². The Labute approximate surface area is 167 Å². The molecule has 0 bridgehead atoms. The molecule has 0 saturated carbocycles. The number of amides is 1. The van der Waals surface area contributed by atoms with E-state index in [0.717, 1.165) is 23.6 Å². The minimum Gasteiger partial charge on any atom is -0.497 e. The Hall–Kier alpha value is -2.80. The zero-order valence-corrected chi connectivity index (χ0v) is 16.1. The van der Waals surface area contributed by atoms with Crippen LogP contribution in [0.2, 0.25) is 5.02 Å². The number of methoxy groups -OCH3 is 1. The topological polar surface area (TPSA) is 59.1 Å². The molecule has 6 nitrogen and oxygen atoms in total. The van der Waals surface area contributed by atoms with Crippen LogP contribution < -0.4 is 9.64 Å². The van der Waals surface area contributed by atoms with Crippen molar-refractivity contribution in [2.75, 3.05) is 44.8 Å². The third-order valence-electron chi connectivity index (χ3n) is 4.55. The molecule has 148 valence electrons. The van der Waals surface area contributed by atoms with Crippen LogP contribution in [0.25, 0.3) is 0 Å². The van der Waals surface area contributed by atoms with Gasteiger partial charge in [-0.3, -0.25) is 4.79 Å². The van der Waals surface area contributed by atoms with E-state index in [4.69, 9.17) is 21.1 Å². The molecule has 0 N–H and O–H groups in total. The number of carbonyl (C=O) groups excluding carboxylic acids is 2. The summed E-state index contributed by atoms with van der Waals surface area (Å²) in [5.41, 5.74) is 1.09. The van der Waals surface area contributed by atoms with E-state index in [-0.39, 0.29) is 23.1 Å². The van der Waals surface area contributed by atoms with Crippen molar-refractivity contribution >= 4 is 29.2 Å². The summed E-state index contributed by atoms with van der Waals surface area (Å²) in [6, 6.07) is 11.1. The lowest BCUT2D eigenvalue weighted by atomic mass is 10.2. The van der Waals surface area contributed by atoms with Gasteiger partial charge in [0.2, 0.25) is 0 Å². The van der Waals surface area contributed by atoms with Crippen LogP contribution in [0, 0.1) is 5.82 Å². The van der Waals surface area contributed by atoms with Crippen molar-refractivity contribution in [2.24, 2.45) is 0 Å². The van der Waals surface area contributed by atoms with E-state index in [9.17, 15) is 14.0 Å². The highest BCUT2D eigenvalue weighted by atomic mass is 35.5. The van der Waals surface area contributed by atoms with E-state index in [1.807, 2.05) is 24.3 Å². The van der Waals surface area contributed by atoms with Gasteiger partial charge in [-0.25, -0.2) is 9.18 Å². The minimum atomic E-state index is -0.754. The third-order valence-corrected chi connectivity index (χ3v) is 4.86. The molecule has 0 unspecified atom stereocenters. The monoisotopic (exact) mass is 406 g/mol. The normalized spacial score (nSPS) is 14.0. The van der Waals surface area contributed by atoms with Gasteiger partial charge in [0, 0.05) is 31.9 Å². The van der Waals surface area contributed by atoms with E-state index in [0.29, 0.717) is 26.2 Å². The van der Waals surface area contributed by atoms with Crippen molar-refractivity contribution in [3.8, 4) is 5.75 Å². The number of ether oxygens (including phenoxy) is 2. The number of esters is 1. The molecular formula is C20H20ClFN2O4. The first-order valence-electron chi connectivity index (χ1n) is 8.77. The first-order valence-corrected chi connectivity index (χ1v) is 9.14. The van der Waals surface area contributed by atoms with Crippen molar-refractivity contribution in [3.05, 3.63) is 58.9 Å². The van der Waals surface area contributed by atoms with Crippen molar-refractivity contribution in [3.63, 3.8) is 0 Å². The van der Waals surface area contributed by atoms with E-state index in [1.54, 1.807) is 12.0 Å². The number of piperazine rings is 1. The maximum absolute atomic E-state index is 13.1. The predicted molar refractivity (Wildman–Crippen MR) is 103 cm³/mol. The third kappa shape index (κ3) is 4.72. The highest BCUT2D eigenvalue weighted by Crippen LogP contribution is 2.21. The second kappa shape index (κ2) is 8.93. The summed E-state index contributed by atoms with van der Waals surface area (Å²) < 4.78 is 23.2. The Bertz CT molecular complexity index is 852. The Morgan fingerprint density at radius 2 is 1.75 bits per heavy atom. The SMILES string of the molecule is COc1ccc(N2CCN(C(=O)COC(=O)c3ccc(F)cc3Cl)CC2)cc1. The molecule has 28 heavy (non-hydrogen) atoms. The number of hydrogen-bond donors (Lipinski definition) is 0. The van der Waals surface area contributed by atoms with Crippen LogP contribution in [-0.4, -0.2) is 56.7 Å². The molecule has 1 fully saturated rings. The molecule has 0 atom stereocenters. The fraction of sp³-hybridized carbons (Fsp3) is 0.300. The van der Waals surface area contributed by atoms with Crippen LogP contribution >= 0.6 is 11.6 Å². The lowest BCUT2D eigenvalue weighted by Crippen LogP contribution is -2.49. The summed E-state index contributed by atoms with van der Waals surface area (Å²) in [6.45, 7) is 2.03. The van der Waals surface area contributed by atoms with Crippen LogP contribution in [-0.2, 0) is 9.53 Å². The predicted octanol–water partition coefficient (Wildman–Crippen LogP) is 2.99. The number of carbonyl (C=O) groups is 2. The average Bonchev–Trinajstić information content (AvgIpc) is 2.72. The molecule has 1 aliphatic heterocycles. The van der Waals surface area contributed by atoms with Gasteiger partial charge < -0.3 is 19.3 Å². The average molecular weight is 407 g/mol. The smallest absolute Gasteiger partial charge is 0.340 e. The van der Waals surface area contributed by atoms with Crippen LogP contribution in [0.4, 0.5) is 10.1 Å². The summed E-state index contributed by atoms with van der Waals surface area (Å²) in [5.74, 6) is -0.788. The molecule has 1 heterocycles. The summed E-state index contributed by atoms with van der Waals surface area (Å²) in [4.78, 5) is 28.2. The molecule has 0 aromatic heterocycles. The molecule has 1 amide bonds. The van der Waals surface area contributed by atoms with Gasteiger partial charge in [0.25, 0.3) is 5.91 Å². The molecule has 2 aromatic rings. The maximum Gasteiger partial charge on any atom is 0.340 e. The lowest BCUT2D eigenvalue weighted by Gasteiger charge is -2.36. The van der Waals surface area contributed by atoms with Crippen molar-refractivity contribution in [1.29, 1.82) is 0 Å². The van der Waals surface area contributed by atoms with E-state index in [1.165, 1.54) is 6.07 Å². The van der Waals surface area contributed by atoms with E-state index in [2.05, 4.69) is 4.90 Å². The number of rotatable bonds is 5.